The third kappa shape index (κ3) is 3.30. The van der Waals surface area contributed by atoms with Crippen LogP contribution in [-0.4, -0.2) is 4.21 Å². The second-order valence-electron chi connectivity index (χ2n) is 3.92. The molecule has 0 aliphatic heterocycles. The molecule has 2 nitrogen and oxygen atoms in total. The summed E-state index contributed by atoms with van der Waals surface area (Å²) in [6.45, 7) is 0. The molecule has 6 heteroatoms. The predicted molar refractivity (Wildman–Crippen MR) is 72.3 cm³/mol. The van der Waals surface area contributed by atoms with Crippen LogP contribution in [0.3, 0.4) is 0 Å². The van der Waals surface area contributed by atoms with Crippen molar-refractivity contribution in [2.45, 2.75) is 10.6 Å². The smallest absolute Gasteiger partial charge is 0.145 e. The standard InChI is InChI=1S/C13H10ClF2NOS/c14-12-3-1-2-8(13(12)16)7-19(18)11-5-9(15)4-10(17)6-11/h1-6H,7,17H2. The summed E-state index contributed by atoms with van der Waals surface area (Å²) in [6.07, 6.45) is 0. The predicted octanol–water partition coefficient (Wildman–Crippen LogP) is 3.51. The highest BCUT2D eigenvalue weighted by atomic mass is 35.5. The van der Waals surface area contributed by atoms with Gasteiger partial charge in [-0.1, -0.05) is 23.7 Å². The summed E-state index contributed by atoms with van der Waals surface area (Å²) in [5.41, 5.74) is 5.87. The molecule has 19 heavy (non-hydrogen) atoms. The number of halogens is 3. The Morgan fingerprint density at radius 2 is 1.95 bits per heavy atom. The fourth-order valence-electron chi connectivity index (χ4n) is 1.60. The number of benzene rings is 2. The molecule has 100 valence electrons. The van der Waals surface area contributed by atoms with E-state index in [0.717, 1.165) is 12.1 Å². The van der Waals surface area contributed by atoms with E-state index in [2.05, 4.69) is 0 Å². The first-order chi connectivity index (χ1) is 8.97. The molecule has 0 aliphatic carbocycles. The van der Waals surface area contributed by atoms with Gasteiger partial charge in [0.1, 0.15) is 11.6 Å². The van der Waals surface area contributed by atoms with Crippen molar-refractivity contribution in [1.82, 2.24) is 0 Å². The van der Waals surface area contributed by atoms with Crippen molar-refractivity contribution >= 4 is 28.1 Å². The van der Waals surface area contributed by atoms with E-state index in [1.54, 1.807) is 6.07 Å². The fraction of sp³-hybridized carbons (Fsp3) is 0.0769. The largest absolute Gasteiger partial charge is 0.399 e. The Morgan fingerprint density at radius 3 is 2.63 bits per heavy atom. The first-order valence-electron chi connectivity index (χ1n) is 5.34. The summed E-state index contributed by atoms with van der Waals surface area (Å²) in [5, 5.41) is -0.0340. The normalized spacial score (nSPS) is 12.4. The lowest BCUT2D eigenvalue weighted by Gasteiger charge is -2.06. The first-order valence-corrected chi connectivity index (χ1v) is 7.04. The number of rotatable bonds is 3. The highest BCUT2D eigenvalue weighted by molar-refractivity contribution is 7.84. The maximum absolute atomic E-state index is 13.7. The Labute approximate surface area is 116 Å². The number of hydrogen-bond donors (Lipinski definition) is 1. The van der Waals surface area contributed by atoms with Gasteiger partial charge in [0.05, 0.1) is 21.6 Å². The van der Waals surface area contributed by atoms with Crippen LogP contribution in [0, 0.1) is 11.6 Å². The molecule has 0 saturated carbocycles. The Hall–Kier alpha value is -1.46. The summed E-state index contributed by atoms with van der Waals surface area (Å²) in [5.74, 6) is -1.27. The molecule has 0 heterocycles. The van der Waals surface area contributed by atoms with Crippen LogP contribution in [0.15, 0.2) is 41.3 Å². The highest BCUT2D eigenvalue weighted by Crippen LogP contribution is 2.22. The quantitative estimate of drug-likeness (QED) is 0.882. The number of nitrogen functional groups attached to an aromatic ring is 1. The molecule has 0 fully saturated rings. The van der Waals surface area contributed by atoms with Crippen LogP contribution in [0.1, 0.15) is 5.56 Å². The Balaban J connectivity index is 2.28. The van der Waals surface area contributed by atoms with Gasteiger partial charge >= 0.3 is 0 Å². The summed E-state index contributed by atoms with van der Waals surface area (Å²) >= 11 is 5.64. The van der Waals surface area contributed by atoms with Crippen molar-refractivity contribution in [3.05, 3.63) is 58.6 Å². The molecule has 0 amide bonds. The van der Waals surface area contributed by atoms with Crippen molar-refractivity contribution < 1.29 is 13.0 Å². The van der Waals surface area contributed by atoms with E-state index in [-0.39, 0.29) is 26.9 Å². The molecule has 2 aromatic carbocycles. The van der Waals surface area contributed by atoms with E-state index in [4.69, 9.17) is 17.3 Å². The van der Waals surface area contributed by atoms with E-state index in [1.807, 2.05) is 0 Å². The van der Waals surface area contributed by atoms with Crippen molar-refractivity contribution in [3.63, 3.8) is 0 Å². The van der Waals surface area contributed by atoms with Gasteiger partial charge in [-0.3, -0.25) is 4.21 Å². The monoisotopic (exact) mass is 301 g/mol. The van der Waals surface area contributed by atoms with Gasteiger partial charge in [-0.25, -0.2) is 8.78 Å². The van der Waals surface area contributed by atoms with Crippen LogP contribution in [-0.2, 0) is 16.6 Å². The summed E-state index contributed by atoms with van der Waals surface area (Å²) in [4.78, 5) is 0.219. The molecular weight excluding hydrogens is 292 g/mol. The molecule has 1 unspecified atom stereocenters. The lowest BCUT2D eigenvalue weighted by atomic mass is 10.2. The van der Waals surface area contributed by atoms with Gasteiger partial charge in [0, 0.05) is 16.1 Å². The zero-order valence-corrected chi connectivity index (χ0v) is 11.3. The first kappa shape index (κ1) is 14.0. The molecule has 0 spiro atoms. The van der Waals surface area contributed by atoms with Crippen molar-refractivity contribution in [2.75, 3.05) is 5.73 Å². The van der Waals surface area contributed by atoms with Crippen LogP contribution in [0.2, 0.25) is 5.02 Å². The lowest BCUT2D eigenvalue weighted by molar-refractivity contribution is 0.615. The topological polar surface area (TPSA) is 43.1 Å². The van der Waals surface area contributed by atoms with Gasteiger partial charge in [0.2, 0.25) is 0 Å². The van der Waals surface area contributed by atoms with Gasteiger partial charge in [-0.2, -0.15) is 0 Å². The third-order valence-corrected chi connectivity index (χ3v) is 4.10. The summed E-state index contributed by atoms with van der Waals surface area (Å²) < 4.78 is 38.9. The third-order valence-electron chi connectivity index (χ3n) is 2.47. The number of anilines is 1. The molecule has 2 N–H and O–H groups in total. The van der Waals surface area contributed by atoms with Gasteiger partial charge in [0.15, 0.2) is 0 Å². The molecule has 2 aromatic rings. The Morgan fingerprint density at radius 1 is 1.21 bits per heavy atom. The highest BCUT2D eigenvalue weighted by Gasteiger charge is 2.12. The molecule has 1 atom stereocenters. The van der Waals surface area contributed by atoms with E-state index < -0.39 is 22.4 Å². The second kappa shape index (κ2) is 5.67. The van der Waals surface area contributed by atoms with E-state index >= 15 is 0 Å². The molecule has 0 aliphatic rings. The average Bonchev–Trinajstić information content (AvgIpc) is 2.33. The number of hydrogen-bond acceptors (Lipinski definition) is 2. The van der Waals surface area contributed by atoms with Crippen LogP contribution in [0.4, 0.5) is 14.5 Å². The zero-order chi connectivity index (χ0) is 14.0. The van der Waals surface area contributed by atoms with E-state index in [9.17, 15) is 13.0 Å². The Kier molecular flexibility index (Phi) is 4.17. The zero-order valence-electron chi connectivity index (χ0n) is 9.70. The summed E-state index contributed by atoms with van der Waals surface area (Å²) in [6, 6.07) is 8.11. The number of nitrogens with two attached hydrogens (primary N) is 1. The minimum atomic E-state index is -1.59. The lowest BCUT2D eigenvalue weighted by Crippen LogP contribution is -2.01. The van der Waals surface area contributed by atoms with E-state index in [1.165, 1.54) is 18.2 Å². The summed E-state index contributed by atoms with van der Waals surface area (Å²) in [7, 11) is -1.59. The second-order valence-corrected chi connectivity index (χ2v) is 5.78. The maximum Gasteiger partial charge on any atom is 0.145 e. The van der Waals surface area contributed by atoms with Crippen LogP contribution in [0.5, 0.6) is 0 Å². The van der Waals surface area contributed by atoms with Crippen LogP contribution >= 0.6 is 11.6 Å². The minimum Gasteiger partial charge on any atom is -0.399 e. The molecule has 0 radical (unpaired) electrons. The molecular formula is C13H10ClF2NOS. The van der Waals surface area contributed by atoms with Gasteiger partial charge in [-0.15, -0.1) is 0 Å². The maximum atomic E-state index is 13.7. The van der Waals surface area contributed by atoms with Crippen molar-refractivity contribution in [1.29, 1.82) is 0 Å². The van der Waals surface area contributed by atoms with Gasteiger partial charge in [0.25, 0.3) is 0 Å². The minimum absolute atomic E-state index is 0.0340. The van der Waals surface area contributed by atoms with Crippen LogP contribution < -0.4 is 5.73 Å². The Bertz CT molecular complexity index is 628. The SMILES string of the molecule is Nc1cc(F)cc(S(=O)Cc2cccc(Cl)c2F)c1. The van der Waals surface area contributed by atoms with Crippen LogP contribution in [0.25, 0.3) is 0 Å². The fourth-order valence-corrected chi connectivity index (χ4v) is 2.98. The van der Waals surface area contributed by atoms with Crippen molar-refractivity contribution in [3.8, 4) is 0 Å². The van der Waals surface area contributed by atoms with Gasteiger partial charge < -0.3 is 5.73 Å². The average molecular weight is 302 g/mol. The molecule has 0 bridgehead atoms. The van der Waals surface area contributed by atoms with Crippen molar-refractivity contribution in [2.24, 2.45) is 0 Å². The molecule has 2 rings (SSSR count). The molecule has 0 aromatic heterocycles. The molecule has 0 saturated heterocycles. The van der Waals surface area contributed by atoms with Gasteiger partial charge in [-0.05, 0) is 24.3 Å². The van der Waals surface area contributed by atoms with E-state index in [0.29, 0.717) is 0 Å².